The molecule has 33 nitrogen and oxygen atoms in total. The molecule has 4 rings (SSSR count). The highest BCUT2D eigenvalue weighted by molar-refractivity contribution is 7.80. The summed E-state index contributed by atoms with van der Waals surface area (Å²) in [5.74, 6) is -14.0. The molecule has 0 spiro atoms. The average molecular weight is 1510 g/mol. The fourth-order valence-electron chi connectivity index (χ4n) is 12.4. The molecule has 1 aromatic carbocycles. The summed E-state index contributed by atoms with van der Waals surface area (Å²) in [4.78, 5) is 207. The number of H-pyrrole nitrogens is 1. The van der Waals surface area contributed by atoms with Gasteiger partial charge in [-0.15, -0.1) is 0 Å². The predicted octanol–water partition coefficient (Wildman–Crippen LogP) is -2.07. The Morgan fingerprint density at radius 1 is 0.638 bits per heavy atom. The second-order valence-corrected chi connectivity index (χ2v) is 28.0. The number of benzene rings is 1. The number of Topliss-reactive ketones (excluding diaryl/α,β-unsaturated/α-hetero) is 3. The maximum atomic E-state index is 14.7. The van der Waals surface area contributed by atoms with Gasteiger partial charge in [-0.1, -0.05) is 70.4 Å². The van der Waals surface area contributed by atoms with Crippen LogP contribution >= 0.6 is 25.3 Å². The van der Waals surface area contributed by atoms with E-state index >= 15 is 0 Å². The minimum absolute atomic E-state index is 0.0221. The van der Waals surface area contributed by atoms with Crippen molar-refractivity contribution in [1.82, 2.24) is 62.3 Å². The monoisotopic (exact) mass is 1510 g/mol. The van der Waals surface area contributed by atoms with Crippen LogP contribution in [0.15, 0.2) is 47.8 Å². The molecule has 20 N–H and O–H groups in total. The van der Waals surface area contributed by atoms with E-state index in [0.717, 1.165) is 12.0 Å². The molecule has 0 bridgehead atoms. The number of aliphatic hydroxyl groups excluding tert-OH is 1. The lowest BCUT2D eigenvalue weighted by molar-refractivity contribution is -0.142. The number of aromatic nitrogens is 2. The lowest BCUT2D eigenvalue weighted by Crippen LogP contribution is -2.58. The second kappa shape index (κ2) is 47.1. The summed E-state index contributed by atoms with van der Waals surface area (Å²) in [5, 5.41) is 32.0. The van der Waals surface area contributed by atoms with Crippen molar-refractivity contribution < 1.29 is 72.2 Å². The summed E-state index contributed by atoms with van der Waals surface area (Å²) in [6, 6.07) is -0.919. The predicted molar refractivity (Wildman–Crippen MR) is 398 cm³/mol. The molecule has 2 fully saturated rings. The third-order valence-corrected chi connectivity index (χ3v) is 19.1. The molecular weight excluding hydrogens is 1400 g/mol. The van der Waals surface area contributed by atoms with Gasteiger partial charge in [0.25, 0.3) is 0 Å². The van der Waals surface area contributed by atoms with Crippen LogP contribution in [-0.4, -0.2) is 225 Å². The molecule has 35 heteroatoms. The van der Waals surface area contributed by atoms with Crippen LogP contribution in [-0.2, 0) is 80.0 Å². The van der Waals surface area contributed by atoms with Crippen LogP contribution in [0.2, 0.25) is 0 Å². The van der Waals surface area contributed by atoms with E-state index in [-0.39, 0.29) is 107 Å². The molecule has 0 unspecified atom stereocenters. The molecule has 105 heavy (non-hydrogen) atoms. The lowest BCUT2D eigenvalue weighted by Gasteiger charge is -2.31. The van der Waals surface area contributed by atoms with Crippen LogP contribution in [0.1, 0.15) is 155 Å². The first-order valence-electron chi connectivity index (χ1n) is 36.2. The number of carbonyl (C=O) groups is 14. The minimum Gasteiger partial charge on any atom is -0.396 e. The maximum absolute atomic E-state index is 14.7. The van der Waals surface area contributed by atoms with Gasteiger partial charge in [0.05, 0.1) is 55.5 Å². The van der Waals surface area contributed by atoms with Gasteiger partial charge in [-0.25, -0.2) is 4.98 Å². The summed E-state index contributed by atoms with van der Waals surface area (Å²) in [6.07, 6.45) is 5.48. The molecule has 12 atom stereocenters. The number of amides is 11. The van der Waals surface area contributed by atoms with Crippen molar-refractivity contribution in [2.75, 3.05) is 57.4 Å². The largest absolute Gasteiger partial charge is 0.396 e. The van der Waals surface area contributed by atoms with Gasteiger partial charge in [-0.05, 0) is 102 Å². The van der Waals surface area contributed by atoms with E-state index in [2.05, 4.69) is 82.8 Å². The zero-order chi connectivity index (χ0) is 77.7. The molecule has 2 saturated heterocycles. The van der Waals surface area contributed by atoms with Gasteiger partial charge in [0.2, 0.25) is 65.0 Å². The molecular formula is C70H112N18O15S2. The fourth-order valence-corrected chi connectivity index (χ4v) is 13.0. The molecule has 1 aromatic heterocycles. The van der Waals surface area contributed by atoms with E-state index in [1.807, 2.05) is 37.3 Å². The Morgan fingerprint density at radius 3 is 1.87 bits per heavy atom. The van der Waals surface area contributed by atoms with Gasteiger partial charge >= 0.3 is 0 Å². The van der Waals surface area contributed by atoms with Crippen LogP contribution in [0.4, 0.5) is 0 Å². The van der Waals surface area contributed by atoms with Crippen molar-refractivity contribution in [3.63, 3.8) is 0 Å². The molecule has 2 aliphatic heterocycles. The molecule has 0 radical (unpaired) electrons. The summed E-state index contributed by atoms with van der Waals surface area (Å²) in [7, 11) is 0. The minimum atomic E-state index is -1.49. The first-order chi connectivity index (χ1) is 50.0. The maximum Gasteiger partial charge on any atom is 0.245 e. The van der Waals surface area contributed by atoms with Crippen molar-refractivity contribution in [2.45, 2.75) is 210 Å². The number of aromatic amines is 1. The number of nitrogens with one attached hydrogen (secondary N) is 9. The number of imidazole rings is 1. The van der Waals surface area contributed by atoms with E-state index in [4.69, 9.17) is 28.7 Å². The van der Waals surface area contributed by atoms with Crippen molar-refractivity contribution >= 4 is 114 Å². The summed E-state index contributed by atoms with van der Waals surface area (Å²) in [5.41, 5.74) is 29.6. The quantitative estimate of drug-likeness (QED) is 0.0146. The number of carbonyl (C=O) groups excluding carboxylic acids is 14. The SMILES string of the molecule is CCCC[C@@H](NC(=O)[C@@H]1CCCN1C(=O)CNC(=O)[C@H](CCCCN)CC(=O)[C@H](CS)NC(=O)[C@H](CO)CC(=O)[C@H](CC(C)C)NC(=O)[C@H](CS)CC(=O)[C@@H]1CCCN1C(=O)[C@H](CCCN=C(N)N)NC(=O)[C@H](CCC(N)=O)NC(=O)[C@H](Cc1cnc[nH]1)NC(=O)[C@H](C)N)C(=O)NCCc1ccccc1. The van der Waals surface area contributed by atoms with Crippen LogP contribution in [0.25, 0.3) is 0 Å². The number of guanidine groups is 1. The standard InChI is InChI=1S/C70H112N18O15S2/c1-5-6-18-48(65(99)77-27-24-43-15-8-7-9-16-43)82-68(102)55-21-14-28-87(55)60(94)36-79-62(96)44(17-10-11-25-71)31-57(91)53(39-105)86-63(97)45(37-89)32-56(90)51(30-41(2)3)84-64(98)46(38-104)33-58(92)54-20-13-29-88(54)69(103)50(19-12-26-78-70(74)75)83-66(100)49(22-23-59(73)93)81-67(101)52(85-61(95)42(4)72)34-47-35-76-40-80-47/h7-9,15-16,35,40-42,44-46,48-55,89,104-105H,5-6,10-14,17-34,36-39,71-72H2,1-4H3,(H2,73,93)(H,76,80)(H,77,99)(H,79,96)(H,81,101)(H,82,102)(H,83,100)(H,84,98)(H,85,95)(H,86,97)(H4,74,75,78)/t42-,44+,45-,46-,48+,49-,50-,51-,52-,53-,54-,55-/m0/s1. The average Bonchev–Trinajstić information content (AvgIpc) is 1.74. The normalized spacial score (nSPS) is 17.0. The highest BCUT2D eigenvalue weighted by Gasteiger charge is 2.42. The third-order valence-electron chi connectivity index (χ3n) is 18.3. The first kappa shape index (κ1) is 88.9. The number of unbranched alkanes of at least 4 members (excludes halogenated alkanes) is 2. The number of rotatable bonds is 50. The Morgan fingerprint density at radius 2 is 1.25 bits per heavy atom. The number of ketones is 3. The van der Waals surface area contributed by atoms with Gasteiger partial charge in [-0.3, -0.25) is 72.1 Å². The highest BCUT2D eigenvalue weighted by Crippen LogP contribution is 2.26. The zero-order valence-electron chi connectivity index (χ0n) is 60.8. The van der Waals surface area contributed by atoms with E-state index in [9.17, 15) is 72.2 Å². The summed E-state index contributed by atoms with van der Waals surface area (Å²) in [6.45, 7) is 6.54. The Balaban J connectivity index is 1.41. The molecule has 0 saturated carbocycles. The van der Waals surface area contributed by atoms with Gasteiger partial charge in [0.1, 0.15) is 30.2 Å². The molecule has 11 amide bonds. The van der Waals surface area contributed by atoms with Crippen LogP contribution in [0.3, 0.4) is 0 Å². The number of aliphatic hydroxyl groups is 1. The topological polar surface area (TPSA) is 533 Å². The zero-order valence-corrected chi connectivity index (χ0v) is 62.6. The summed E-state index contributed by atoms with van der Waals surface area (Å²) < 4.78 is 0. The Hall–Kier alpha value is -8.54. The Kier molecular flexibility index (Phi) is 39.9. The lowest BCUT2D eigenvalue weighted by atomic mass is 9.91. The number of primary amides is 1. The van der Waals surface area contributed by atoms with Gasteiger partial charge in [0, 0.05) is 87.6 Å². The van der Waals surface area contributed by atoms with Crippen molar-refractivity contribution in [2.24, 2.45) is 57.3 Å². The molecule has 584 valence electrons. The van der Waals surface area contributed by atoms with Crippen molar-refractivity contribution in [3.8, 4) is 0 Å². The Labute approximate surface area is 624 Å². The Bertz CT molecular complexity index is 3240. The molecule has 3 heterocycles. The van der Waals surface area contributed by atoms with Crippen LogP contribution in [0.5, 0.6) is 0 Å². The number of hydrogen-bond acceptors (Lipinski definition) is 21. The molecule has 2 aliphatic rings. The molecule has 2 aromatic rings. The van der Waals surface area contributed by atoms with E-state index < -0.39 is 181 Å². The van der Waals surface area contributed by atoms with E-state index in [1.54, 1.807) is 13.8 Å². The van der Waals surface area contributed by atoms with Gasteiger partial charge < -0.3 is 91.1 Å². The number of hydrogen-bond donors (Lipinski definition) is 17. The van der Waals surface area contributed by atoms with Gasteiger partial charge in [0.15, 0.2) is 23.3 Å². The smallest absolute Gasteiger partial charge is 0.245 e. The van der Waals surface area contributed by atoms with Crippen molar-refractivity contribution in [3.05, 3.63) is 54.1 Å². The van der Waals surface area contributed by atoms with Crippen molar-refractivity contribution in [1.29, 1.82) is 0 Å². The number of likely N-dealkylation sites (tertiary alicyclic amines) is 2. The van der Waals surface area contributed by atoms with E-state index in [1.165, 1.54) is 29.2 Å². The summed E-state index contributed by atoms with van der Waals surface area (Å²) >= 11 is 8.73. The second-order valence-electron chi connectivity index (χ2n) is 27.3. The van der Waals surface area contributed by atoms with E-state index in [0.29, 0.717) is 63.6 Å². The number of thiol groups is 2. The molecule has 0 aliphatic carbocycles. The number of nitrogens with zero attached hydrogens (tertiary/aromatic N) is 4. The van der Waals surface area contributed by atoms with Gasteiger partial charge in [-0.2, -0.15) is 25.3 Å². The third kappa shape index (κ3) is 30.8. The fraction of sp³-hybridized carbons (Fsp3) is 0.657. The number of aliphatic imine (C=N–C) groups is 1. The number of nitrogens with two attached hydrogens (primary N) is 5. The first-order valence-corrected chi connectivity index (χ1v) is 37.5. The highest BCUT2D eigenvalue weighted by atomic mass is 32.1. The van der Waals surface area contributed by atoms with Crippen LogP contribution in [0, 0.1) is 23.7 Å². The van der Waals surface area contributed by atoms with Crippen LogP contribution < -0.4 is 71.2 Å².